The van der Waals surface area contributed by atoms with Gasteiger partial charge in [-0.3, -0.25) is 0 Å². The Labute approximate surface area is 138 Å². The summed E-state index contributed by atoms with van der Waals surface area (Å²) >= 11 is 0. The first kappa shape index (κ1) is 21.2. The number of allylic oxidation sites excluding steroid dienone is 4. The van der Waals surface area contributed by atoms with Crippen molar-refractivity contribution in [3.63, 3.8) is 0 Å². The van der Waals surface area contributed by atoms with E-state index in [9.17, 15) is 5.11 Å². The summed E-state index contributed by atoms with van der Waals surface area (Å²) in [5.41, 5.74) is 1.71. The maximum atomic E-state index is 9.93. The van der Waals surface area contributed by atoms with Gasteiger partial charge in [0.25, 0.3) is 0 Å². The fourth-order valence-corrected chi connectivity index (χ4v) is 8.75. The molecular weight excluding hydrogens is 288 g/mol. The molecule has 1 N–H and O–H groups in total. The third-order valence-electron chi connectivity index (χ3n) is 4.18. The van der Waals surface area contributed by atoms with Gasteiger partial charge in [-0.15, -0.1) is 0 Å². The molecule has 1 atom stereocenters. The van der Waals surface area contributed by atoms with Crippen LogP contribution in [0.2, 0.25) is 16.6 Å². The van der Waals surface area contributed by atoms with E-state index in [4.69, 9.17) is 4.43 Å². The van der Waals surface area contributed by atoms with E-state index in [2.05, 4.69) is 53.4 Å². The van der Waals surface area contributed by atoms with E-state index >= 15 is 0 Å². The molecule has 0 radical (unpaired) electrons. The average molecular weight is 323 g/mol. The lowest BCUT2D eigenvalue weighted by Gasteiger charge is -2.42. The number of rotatable bonds is 8. The second-order valence-electron chi connectivity index (χ2n) is 6.64. The monoisotopic (exact) mass is 322 g/mol. The zero-order chi connectivity index (χ0) is 17.2. The lowest BCUT2D eigenvalue weighted by molar-refractivity contribution is 0.176. The Kier molecular flexibility index (Phi) is 10.4. The van der Waals surface area contributed by atoms with Crippen molar-refractivity contribution < 1.29 is 9.53 Å². The highest BCUT2D eigenvalue weighted by Crippen LogP contribution is 2.42. The Morgan fingerprint density at radius 2 is 1.55 bits per heavy atom. The second kappa shape index (κ2) is 10.8. The Morgan fingerprint density at radius 3 is 2.00 bits per heavy atom. The molecule has 22 heavy (non-hydrogen) atoms. The molecule has 0 aromatic carbocycles. The first-order valence-corrected chi connectivity index (χ1v) is 10.5. The standard InChI is InChI=1S/C19H34O2Si/c1-8-9-10-11-12-13-19(20)14-15-21-22(16(2)3,17(4)5)18(6)7/h8-11,16-20H,14-15H2,1-7H3/b9-8+,11-10+. The highest BCUT2D eigenvalue weighted by atomic mass is 28.4. The van der Waals surface area contributed by atoms with Crippen LogP contribution < -0.4 is 0 Å². The van der Waals surface area contributed by atoms with Crippen LogP contribution in [0.15, 0.2) is 24.3 Å². The second-order valence-corrected chi connectivity index (χ2v) is 12.1. The largest absolute Gasteiger partial charge is 0.416 e. The van der Waals surface area contributed by atoms with E-state index in [0.29, 0.717) is 29.7 Å². The molecule has 0 aromatic rings. The highest BCUT2D eigenvalue weighted by molar-refractivity contribution is 6.77. The summed E-state index contributed by atoms with van der Waals surface area (Å²) in [6, 6.07) is 0. The van der Waals surface area contributed by atoms with Crippen LogP contribution in [-0.4, -0.2) is 26.1 Å². The van der Waals surface area contributed by atoms with Gasteiger partial charge in [0.1, 0.15) is 6.10 Å². The lowest BCUT2D eigenvalue weighted by Crippen LogP contribution is -2.48. The number of hydrogen-bond donors (Lipinski definition) is 1. The van der Waals surface area contributed by atoms with Gasteiger partial charge in [0.15, 0.2) is 8.32 Å². The van der Waals surface area contributed by atoms with Gasteiger partial charge in [0.2, 0.25) is 0 Å². The molecule has 0 aliphatic heterocycles. The molecule has 126 valence electrons. The molecule has 0 aliphatic rings. The van der Waals surface area contributed by atoms with Crippen LogP contribution in [0.4, 0.5) is 0 Å². The Bertz CT molecular complexity index is 389. The predicted molar refractivity (Wildman–Crippen MR) is 99.4 cm³/mol. The fourth-order valence-electron chi connectivity index (χ4n) is 3.28. The van der Waals surface area contributed by atoms with Crippen molar-refractivity contribution in [2.24, 2.45) is 0 Å². The van der Waals surface area contributed by atoms with Crippen molar-refractivity contribution in [1.82, 2.24) is 0 Å². The average Bonchev–Trinajstić information content (AvgIpc) is 2.42. The molecule has 0 aliphatic carbocycles. The minimum Gasteiger partial charge on any atom is -0.416 e. The SMILES string of the molecule is C/C=C/C=C/C#CC(O)CCO[Si](C(C)C)(C(C)C)C(C)C. The van der Waals surface area contributed by atoms with E-state index in [-0.39, 0.29) is 0 Å². The smallest absolute Gasteiger partial charge is 0.200 e. The quantitative estimate of drug-likeness (QED) is 0.384. The third-order valence-corrected chi connectivity index (χ3v) is 10.3. The normalized spacial score (nSPS) is 14.3. The van der Waals surface area contributed by atoms with Crippen LogP contribution in [0.3, 0.4) is 0 Å². The summed E-state index contributed by atoms with van der Waals surface area (Å²) in [6.07, 6.45) is 7.43. The van der Waals surface area contributed by atoms with Crippen molar-refractivity contribution in [3.05, 3.63) is 24.3 Å². The third kappa shape index (κ3) is 6.52. The summed E-state index contributed by atoms with van der Waals surface area (Å²) in [5, 5.41) is 9.93. The molecule has 0 fully saturated rings. The van der Waals surface area contributed by atoms with Gasteiger partial charge in [-0.1, -0.05) is 71.6 Å². The van der Waals surface area contributed by atoms with E-state index in [0.717, 1.165) is 0 Å². The Hall–Kier alpha value is -0.823. The maximum absolute atomic E-state index is 9.93. The van der Waals surface area contributed by atoms with Crippen molar-refractivity contribution in [3.8, 4) is 11.8 Å². The summed E-state index contributed by atoms with van der Waals surface area (Å²) in [5.74, 6) is 5.70. The van der Waals surface area contributed by atoms with Gasteiger partial charge < -0.3 is 9.53 Å². The highest BCUT2D eigenvalue weighted by Gasteiger charge is 2.44. The molecule has 0 heterocycles. The Morgan fingerprint density at radius 1 is 1.00 bits per heavy atom. The molecule has 1 unspecified atom stereocenters. The topological polar surface area (TPSA) is 29.5 Å². The molecule has 0 amide bonds. The minimum atomic E-state index is -1.83. The summed E-state index contributed by atoms with van der Waals surface area (Å²) in [7, 11) is -1.83. The van der Waals surface area contributed by atoms with Crippen molar-refractivity contribution in [1.29, 1.82) is 0 Å². The summed E-state index contributed by atoms with van der Waals surface area (Å²) in [6.45, 7) is 16.2. The summed E-state index contributed by atoms with van der Waals surface area (Å²) < 4.78 is 6.41. The van der Waals surface area contributed by atoms with E-state index in [1.807, 2.05) is 25.2 Å². The van der Waals surface area contributed by atoms with Crippen LogP contribution in [0, 0.1) is 11.8 Å². The number of aliphatic hydroxyl groups excluding tert-OH is 1. The number of aliphatic hydroxyl groups is 1. The van der Waals surface area contributed by atoms with Crippen LogP contribution in [0.25, 0.3) is 0 Å². The molecule has 0 spiro atoms. The number of hydrogen-bond acceptors (Lipinski definition) is 2. The predicted octanol–water partition coefficient (Wildman–Crippen LogP) is 5.07. The molecule has 3 heteroatoms. The zero-order valence-corrected chi connectivity index (χ0v) is 16.4. The molecule has 2 nitrogen and oxygen atoms in total. The molecule has 0 rings (SSSR count). The van der Waals surface area contributed by atoms with Crippen LogP contribution in [0.5, 0.6) is 0 Å². The Balaban J connectivity index is 4.57. The van der Waals surface area contributed by atoms with Gasteiger partial charge >= 0.3 is 0 Å². The van der Waals surface area contributed by atoms with Gasteiger partial charge in [-0.05, 0) is 29.6 Å². The first-order valence-electron chi connectivity index (χ1n) is 8.39. The van der Waals surface area contributed by atoms with Gasteiger partial charge in [0.05, 0.1) is 0 Å². The molecular formula is C19H34O2Si. The van der Waals surface area contributed by atoms with E-state index < -0.39 is 14.4 Å². The van der Waals surface area contributed by atoms with Gasteiger partial charge in [-0.25, -0.2) is 0 Å². The van der Waals surface area contributed by atoms with Crippen LogP contribution in [-0.2, 0) is 4.43 Å². The summed E-state index contributed by atoms with van der Waals surface area (Å²) in [4.78, 5) is 0. The van der Waals surface area contributed by atoms with Crippen molar-refractivity contribution in [2.45, 2.75) is 77.6 Å². The van der Waals surface area contributed by atoms with E-state index in [1.54, 1.807) is 6.08 Å². The molecule has 0 aromatic heterocycles. The van der Waals surface area contributed by atoms with Gasteiger partial charge in [-0.2, -0.15) is 0 Å². The fraction of sp³-hybridized carbons (Fsp3) is 0.684. The van der Waals surface area contributed by atoms with Crippen molar-refractivity contribution >= 4 is 8.32 Å². The maximum Gasteiger partial charge on any atom is 0.200 e. The zero-order valence-electron chi connectivity index (χ0n) is 15.4. The van der Waals surface area contributed by atoms with Crippen LogP contribution in [0.1, 0.15) is 54.9 Å². The molecule has 0 saturated heterocycles. The molecule has 0 saturated carbocycles. The van der Waals surface area contributed by atoms with E-state index in [1.165, 1.54) is 0 Å². The minimum absolute atomic E-state index is 0.569. The van der Waals surface area contributed by atoms with Crippen molar-refractivity contribution in [2.75, 3.05) is 6.61 Å². The molecule has 0 bridgehead atoms. The van der Waals surface area contributed by atoms with Gasteiger partial charge in [0, 0.05) is 13.0 Å². The lowest BCUT2D eigenvalue weighted by atomic mass is 10.2. The van der Waals surface area contributed by atoms with Crippen LogP contribution >= 0.6 is 0 Å². The first-order chi connectivity index (χ1) is 10.3.